The van der Waals surface area contributed by atoms with E-state index in [0.717, 1.165) is 19.3 Å². The van der Waals surface area contributed by atoms with Gasteiger partial charge in [0.1, 0.15) is 24.4 Å². The van der Waals surface area contributed by atoms with Crippen LogP contribution in [0, 0.1) is 0 Å². The third-order valence-electron chi connectivity index (χ3n) is 6.95. The summed E-state index contributed by atoms with van der Waals surface area (Å²) in [6.45, 7) is 1.74. The molecule has 1 aliphatic heterocycles. The average Bonchev–Trinajstić information content (AvgIpc) is 2.85. The van der Waals surface area contributed by atoms with E-state index < -0.39 is 43.2 Å². The van der Waals surface area contributed by atoms with Gasteiger partial charge in [0, 0.05) is 0 Å². The third-order valence-corrected chi connectivity index (χ3v) is 6.95. The maximum Gasteiger partial charge on any atom is 0.244 e. The molecule has 0 radical (unpaired) electrons. The van der Waals surface area contributed by atoms with Crippen LogP contribution in [0.25, 0.3) is 0 Å². The van der Waals surface area contributed by atoms with Crippen LogP contribution in [0.15, 0.2) is 12.2 Å². The minimum atomic E-state index is -1.49. The van der Waals surface area contributed by atoms with Gasteiger partial charge in [-0.25, -0.2) is 0 Å². The molecule has 0 aromatic heterocycles. The topological polar surface area (TPSA) is 119 Å². The molecule has 1 saturated heterocycles. The highest BCUT2D eigenvalue weighted by atomic mass is 16.6. The van der Waals surface area contributed by atoms with Gasteiger partial charge in [-0.15, -0.1) is 0 Å². The first kappa shape index (κ1) is 32.0. The Balaban J connectivity index is 1.92. The van der Waals surface area contributed by atoms with Crippen molar-refractivity contribution in [3.05, 3.63) is 12.2 Å². The number of allylic oxidation sites excluding steroid dienone is 1. The van der Waals surface area contributed by atoms with Crippen molar-refractivity contribution >= 4 is 5.91 Å². The molecule has 1 fully saturated rings. The number of carbonyl (C=O) groups is 1. The van der Waals surface area contributed by atoms with Crippen LogP contribution < -0.4 is 5.32 Å². The van der Waals surface area contributed by atoms with Crippen molar-refractivity contribution in [2.75, 3.05) is 6.61 Å². The van der Waals surface area contributed by atoms with E-state index in [-0.39, 0.29) is 0 Å². The van der Waals surface area contributed by atoms with Crippen molar-refractivity contribution in [2.45, 2.75) is 153 Å². The van der Waals surface area contributed by atoms with Crippen LogP contribution >= 0.6 is 0 Å². The summed E-state index contributed by atoms with van der Waals surface area (Å²) in [5.74, 6) is -0.460. The summed E-state index contributed by atoms with van der Waals surface area (Å²) in [6, 6.07) is -1.15. The maximum absolute atomic E-state index is 12.0. The molecule has 1 unspecified atom stereocenters. The number of ether oxygens (including phenoxy) is 1. The van der Waals surface area contributed by atoms with E-state index in [2.05, 4.69) is 12.2 Å². The molecule has 5 N–H and O–H groups in total. The number of hydrogen-bond acceptors (Lipinski definition) is 6. The van der Waals surface area contributed by atoms with Crippen molar-refractivity contribution in [1.29, 1.82) is 0 Å². The highest BCUT2D eigenvalue weighted by Gasteiger charge is 2.44. The van der Waals surface area contributed by atoms with Crippen LogP contribution in [-0.2, 0) is 9.53 Å². The first-order valence-corrected chi connectivity index (χ1v) is 14.3. The molecular weight excluding hydrogens is 446 g/mol. The Morgan fingerprint density at radius 1 is 0.743 bits per heavy atom. The highest BCUT2D eigenvalue weighted by molar-refractivity contribution is 5.87. The second-order valence-electron chi connectivity index (χ2n) is 10.1. The molecule has 0 bridgehead atoms. The summed E-state index contributed by atoms with van der Waals surface area (Å²) >= 11 is 0. The number of aliphatic hydroxyl groups excluding tert-OH is 4. The van der Waals surface area contributed by atoms with Crippen molar-refractivity contribution in [1.82, 2.24) is 5.32 Å². The smallest absolute Gasteiger partial charge is 0.244 e. The van der Waals surface area contributed by atoms with Gasteiger partial charge in [0.15, 0.2) is 6.29 Å². The Labute approximate surface area is 213 Å². The highest BCUT2D eigenvalue weighted by Crippen LogP contribution is 2.20. The summed E-state index contributed by atoms with van der Waals surface area (Å²) < 4.78 is 5.03. The number of amides is 1. The molecule has 35 heavy (non-hydrogen) atoms. The van der Waals surface area contributed by atoms with E-state index in [1.54, 1.807) is 6.08 Å². The van der Waals surface area contributed by atoms with E-state index in [9.17, 15) is 20.1 Å². The quantitative estimate of drug-likeness (QED) is 0.117. The molecule has 0 spiro atoms. The predicted octanol–water partition coefficient (Wildman–Crippen LogP) is 4.50. The minimum absolute atomic E-state index is 0.460. The maximum atomic E-state index is 12.0. The van der Waals surface area contributed by atoms with Gasteiger partial charge in [0.05, 0.1) is 6.61 Å². The first-order chi connectivity index (χ1) is 17.0. The minimum Gasteiger partial charge on any atom is -0.394 e. The largest absolute Gasteiger partial charge is 0.394 e. The molecule has 0 aliphatic carbocycles. The Morgan fingerprint density at radius 3 is 1.66 bits per heavy atom. The zero-order chi connectivity index (χ0) is 25.7. The van der Waals surface area contributed by atoms with E-state index in [1.165, 1.54) is 102 Å². The van der Waals surface area contributed by atoms with Crippen LogP contribution in [0.5, 0.6) is 0 Å². The van der Waals surface area contributed by atoms with E-state index in [4.69, 9.17) is 9.84 Å². The van der Waals surface area contributed by atoms with Crippen LogP contribution in [0.4, 0.5) is 0 Å². The van der Waals surface area contributed by atoms with E-state index >= 15 is 0 Å². The van der Waals surface area contributed by atoms with Crippen LogP contribution in [0.3, 0.4) is 0 Å². The number of aliphatic hydroxyl groups is 4. The van der Waals surface area contributed by atoms with E-state index in [1.807, 2.05) is 0 Å². The molecule has 206 valence electrons. The standard InChI is InChI=1S/C28H53NO6/c1-2-3-4-5-6-7-8-9-10-11-12-13-14-15-16-17-18-19-20-21-24(31)29-25-27(33)26(32)23(22-30)35-28(25)34/h20-21,23,25-28,30,32-34H,2-19,22H2,1H3,(H,29,31)/t23-,25-,26-,27-,28?/m1/s1. The molecule has 5 atom stereocenters. The lowest BCUT2D eigenvalue weighted by Gasteiger charge is -2.40. The van der Waals surface area contributed by atoms with Crippen LogP contribution in [0.2, 0.25) is 0 Å². The predicted molar refractivity (Wildman–Crippen MR) is 140 cm³/mol. The fraction of sp³-hybridized carbons (Fsp3) is 0.893. The summed E-state index contributed by atoms with van der Waals surface area (Å²) in [4.78, 5) is 12.0. The monoisotopic (exact) mass is 499 g/mol. The summed E-state index contributed by atoms with van der Waals surface area (Å²) in [7, 11) is 0. The van der Waals surface area contributed by atoms with Gasteiger partial charge in [-0.1, -0.05) is 116 Å². The lowest BCUT2D eigenvalue weighted by Crippen LogP contribution is -2.64. The molecule has 1 amide bonds. The Morgan fingerprint density at radius 2 is 1.20 bits per heavy atom. The first-order valence-electron chi connectivity index (χ1n) is 14.3. The molecule has 0 saturated carbocycles. The summed E-state index contributed by atoms with van der Waals surface area (Å²) in [6.07, 6.45) is 21.3. The van der Waals surface area contributed by atoms with Gasteiger partial charge in [-0.3, -0.25) is 4.79 Å². The van der Waals surface area contributed by atoms with Crippen LogP contribution in [0.1, 0.15) is 122 Å². The Hall–Kier alpha value is -0.990. The van der Waals surface area contributed by atoms with Crippen molar-refractivity contribution in [3.63, 3.8) is 0 Å². The molecular formula is C28H53NO6. The Bertz CT molecular complexity index is 544. The lowest BCUT2D eigenvalue weighted by atomic mass is 9.97. The molecule has 0 aromatic rings. The number of unbranched alkanes of at least 4 members (excludes halogenated alkanes) is 17. The summed E-state index contributed by atoms with van der Waals surface area (Å²) in [5, 5.41) is 41.4. The van der Waals surface area contributed by atoms with Crippen molar-refractivity contribution < 1.29 is 30.0 Å². The zero-order valence-electron chi connectivity index (χ0n) is 22.1. The van der Waals surface area contributed by atoms with Crippen molar-refractivity contribution in [2.24, 2.45) is 0 Å². The molecule has 0 aromatic carbocycles. The molecule has 1 aliphatic rings. The van der Waals surface area contributed by atoms with Gasteiger partial charge in [0.25, 0.3) is 0 Å². The van der Waals surface area contributed by atoms with Gasteiger partial charge in [-0.2, -0.15) is 0 Å². The fourth-order valence-corrected chi connectivity index (χ4v) is 4.64. The van der Waals surface area contributed by atoms with Gasteiger partial charge >= 0.3 is 0 Å². The van der Waals surface area contributed by atoms with E-state index in [0.29, 0.717) is 0 Å². The molecule has 1 rings (SSSR count). The second kappa shape index (κ2) is 21.1. The third kappa shape index (κ3) is 15.0. The SMILES string of the molecule is CCCCCCCCCCCCCCCCCCCC=CC(=O)N[C@H]1C(O)O[C@H](CO)[C@@H](O)[C@@H]1O. The number of rotatable bonds is 21. The van der Waals surface area contributed by atoms with Crippen molar-refractivity contribution in [3.8, 4) is 0 Å². The normalized spacial score (nSPS) is 24.8. The van der Waals surface area contributed by atoms with Gasteiger partial charge < -0.3 is 30.5 Å². The molecule has 7 nitrogen and oxygen atoms in total. The van der Waals surface area contributed by atoms with Gasteiger partial charge in [-0.05, 0) is 18.9 Å². The average molecular weight is 500 g/mol. The lowest BCUT2D eigenvalue weighted by molar-refractivity contribution is -0.253. The molecule has 7 heteroatoms. The Kier molecular flexibility index (Phi) is 19.3. The summed E-state index contributed by atoms with van der Waals surface area (Å²) in [5.41, 5.74) is 0. The zero-order valence-corrected chi connectivity index (χ0v) is 22.1. The van der Waals surface area contributed by atoms with Crippen LogP contribution in [-0.4, -0.2) is 63.6 Å². The number of carbonyl (C=O) groups excluding carboxylic acids is 1. The number of nitrogens with one attached hydrogen (secondary N) is 1. The van der Waals surface area contributed by atoms with Gasteiger partial charge in [0.2, 0.25) is 5.91 Å². The second-order valence-corrected chi connectivity index (χ2v) is 10.1. The number of hydrogen-bond donors (Lipinski definition) is 5. The molecule has 1 heterocycles. The fourth-order valence-electron chi connectivity index (χ4n) is 4.64.